The van der Waals surface area contributed by atoms with Crippen molar-refractivity contribution in [3.63, 3.8) is 0 Å². The molecule has 2 N–H and O–H groups in total. The summed E-state index contributed by atoms with van der Waals surface area (Å²) in [4.78, 5) is 12.0. The van der Waals surface area contributed by atoms with Crippen LogP contribution in [0.5, 0.6) is 0 Å². The summed E-state index contributed by atoms with van der Waals surface area (Å²) in [6, 6.07) is 12.7. The van der Waals surface area contributed by atoms with Crippen LogP contribution >= 0.6 is 0 Å². The molecule has 3 aromatic rings. The van der Waals surface area contributed by atoms with Gasteiger partial charge in [0.25, 0.3) is 0 Å². The molecule has 0 spiro atoms. The maximum Gasteiger partial charge on any atom is 0.249 e. The molecule has 1 fully saturated rings. The van der Waals surface area contributed by atoms with Crippen LogP contribution in [0.15, 0.2) is 36.4 Å². The number of hydrogen-bond acceptors (Lipinski definition) is 1. The molecule has 3 nitrogen and oxygen atoms in total. The second-order valence-electron chi connectivity index (χ2n) is 7.78. The minimum atomic E-state index is -0.342. The van der Waals surface area contributed by atoms with Crippen LogP contribution in [0, 0.1) is 5.92 Å². The fourth-order valence-electron chi connectivity index (χ4n) is 4.58. The molecule has 1 heterocycles. The molecular weight excluding hydrogens is 320 g/mol. The number of aromatic nitrogens is 1. The fourth-order valence-corrected chi connectivity index (χ4v) is 4.58. The molecule has 4 rings (SSSR count). The van der Waals surface area contributed by atoms with E-state index >= 15 is 0 Å². The highest BCUT2D eigenvalue weighted by Crippen LogP contribution is 2.35. The van der Waals surface area contributed by atoms with Crippen LogP contribution in [0.2, 0.25) is 0 Å². The summed E-state index contributed by atoms with van der Waals surface area (Å²) >= 11 is 0. The van der Waals surface area contributed by atoms with Gasteiger partial charge in [0.2, 0.25) is 5.91 Å². The third-order valence-electron chi connectivity index (χ3n) is 5.96. The summed E-state index contributed by atoms with van der Waals surface area (Å²) in [5, 5.41) is 2.18. The number of fused-ring (bicyclic) bond motifs is 3. The van der Waals surface area contributed by atoms with E-state index in [1.807, 2.05) is 12.1 Å². The summed E-state index contributed by atoms with van der Waals surface area (Å²) in [5.41, 5.74) is 10.1. The number of carbonyl (C=O) groups is 1. The number of unbranched alkanes of at least 4 members (excludes halogenated alkanes) is 1. The van der Waals surface area contributed by atoms with Gasteiger partial charge in [-0.25, -0.2) is 0 Å². The van der Waals surface area contributed by atoms with E-state index in [1.54, 1.807) is 0 Å². The predicted octanol–water partition coefficient (Wildman–Crippen LogP) is 5.43. The van der Waals surface area contributed by atoms with Crippen molar-refractivity contribution in [3.8, 4) is 0 Å². The molecule has 3 heteroatoms. The van der Waals surface area contributed by atoms with Gasteiger partial charge >= 0.3 is 0 Å². The minimum absolute atomic E-state index is 0.342. The second-order valence-corrected chi connectivity index (χ2v) is 7.78. The number of rotatable bonds is 6. The molecule has 0 radical (unpaired) electrons. The molecule has 0 saturated heterocycles. The standard InChI is InChI=1S/C23H28N2O/c1-2-3-7-16-12-13-18-21(14-16)25(15-17-8-4-5-9-17)20-11-6-10-19(22(18)20)23(24)26/h6,10-14,17H,2-5,7-9,15H2,1H3,(H2,24,26). The minimum Gasteiger partial charge on any atom is -0.366 e. The Kier molecular flexibility index (Phi) is 4.71. The molecule has 0 atom stereocenters. The van der Waals surface area contributed by atoms with Gasteiger partial charge < -0.3 is 10.3 Å². The van der Waals surface area contributed by atoms with Crippen LogP contribution in [-0.2, 0) is 13.0 Å². The molecule has 0 aliphatic heterocycles. The summed E-state index contributed by atoms with van der Waals surface area (Å²) < 4.78 is 2.45. The van der Waals surface area contributed by atoms with Gasteiger partial charge in [-0.05, 0) is 55.4 Å². The van der Waals surface area contributed by atoms with E-state index in [1.165, 1.54) is 49.6 Å². The highest BCUT2D eigenvalue weighted by atomic mass is 16.1. The second kappa shape index (κ2) is 7.14. The summed E-state index contributed by atoms with van der Waals surface area (Å²) in [7, 11) is 0. The first-order valence-corrected chi connectivity index (χ1v) is 10.0. The normalized spacial score (nSPS) is 15.3. The Bertz CT molecular complexity index is 948. The third-order valence-corrected chi connectivity index (χ3v) is 5.96. The number of carbonyl (C=O) groups excluding carboxylic acids is 1. The quantitative estimate of drug-likeness (QED) is 0.635. The number of nitrogens with two attached hydrogens (primary N) is 1. The molecule has 1 aromatic heterocycles. The fraction of sp³-hybridized carbons (Fsp3) is 0.435. The van der Waals surface area contributed by atoms with Crippen LogP contribution in [0.1, 0.15) is 61.4 Å². The maximum absolute atomic E-state index is 12.0. The van der Waals surface area contributed by atoms with Crippen molar-refractivity contribution >= 4 is 27.7 Å². The monoisotopic (exact) mass is 348 g/mol. The van der Waals surface area contributed by atoms with E-state index < -0.39 is 0 Å². The van der Waals surface area contributed by atoms with Gasteiger partial charge in [-0.2, -0.15) is 0 Å². The van der Waals surface area contributed by atoms with Gasteiger partial charge in [-0.15, -0.1) is 0 Å². The topological polar surface area (TPSA) is 48.0 Å². The van der Waals surface area contributed by atoms with Gasteiger partial charge in [-0.3, -0.25) is 4.79 Å². The number of primary amides is 1. The third kappa shape index (κ3) is 3.00. The van der Waals surface area contributed by atoms with E-state index in [9.17, 15) is 4.79 Å². The molecule has 0 bridgehead atoms. The smallest absolute Gasteiger partial charge is 0.249 e. The van der Waals surface area contributed by atoms with E-state index in [0.29, 0.717) is 5.56 Å². The molecule has 0 unspecified atom stereocenters. The van der Waals surface area contributed by atoms with Crippen molar-refractivity contribution in [3.05, 3.63) is 47.5 Å². The Morgan fingerprint density at radius 1 is 1.15 bits per heavy atom. The molecule has 1 amide bonds. The van der Waals surface area contributed by atoms with Crippen LogP contribution in [0.25, 0.3) is 21.8 Å². The van der Waals surface area contributed by atoms with Gasteiger partial charge in [0.15, 0.2) is 0 Å². The highest BCUT2D eigenvalue weighted by molar-refractivity contribution is 6.17. The highest BCUT2D eigenvalue weighted by Gasteiger charge is 2.21. The van der Waals surface area contributed by atoms with Crippen molar-refractivity contribution in [2.75, 3.05) is 0 Å². The van der Waals surface area contributed by atoms with Crippen LogP contribution in [-0.4, -0.2) is 10.5 Å². The molecule has 26 heavy (non-hydrogen) atoms. The largest absolute Gasteiger partial charge is 0.366 e. The van der Waals surface area contributed by atoms with E-state index in [2.05, 4.69) is 35.8 Å². The molecule has 1 aliphatic carbocycles. The van der Waals surface area contributed by atoms with E-state index in [-0.39, 0.29) is 5.91 Å². The summed E-state index contributed by atoms with van der Waals surface area (Å²) in [6.45, 7) is 3.27. The van der Waals surface area contributed by atoms with Crippen LogP contribution in [0.3, 0.4) is 0 Å². The number of nitrogens with zero attached hydrogens (tertiary/aromatic N) is 1. The van der Waals surface area contributed by atoms with Gasteiger partial charge in [-0.1, -0.05) is 44.4 Å². The number of aryl methyl sites for hydroxylation is 1. The lowest BCUT2D eigenvalue weighted by Crippen LogP contribution is -2.11. The van der Waals surface area contributed by atoms with Crippen molar-refractivity contribution in [2.45, 2.75) is 58.4 Å². The van der Waals surface area contributed by atoms with Gasteiger partial charge in [0.05, 0.1) is 0 Å². The van der Waals surface area contributed by atoms with Crippen LogP contribution in [0.4, 0.5) is 0 Å². The summed E-state index contributed by atoms with van der Waals surface area (Å²) in [6.07, 6.45) is 8.83. The number of benzene rings is 2. The average Bonchev–Trinajstić information content (AvgIpc) is 3.27. The Morgan fingerprint density at radius 2 is 1.96 bits per heavy atom. The SMILES string of the molecule is CCCCc1ccc2c3c(C(N)=O)cccc3n(CC3CCCC3)c2c1. The first-order chi connectivity index (χ1) is 12.7. The van der Waals surface area contributed by atoms with Crippen molar-refractivity contribution < 1.29 is 4.79 Å². The lowest BCUT2D eigenvalue weighted by atomic mass is 10.0. The van der Waals surface area contributed by atoms with Crippen molar-refractivity contribution in [1.29, 1.82) is 0 Å². The van der Waals surface area contributed by atoms with Crippen molar-refractivity contribution in [2.24, 2.45) is 11.7 Å². The molecule has 1 aliphatic rings. The Balaban J connectivity index is 1.93. The zero-order valence-corrected chi connectivity index (χ0v) is 15.6. The van der Waals surface area contributed by atoms with Crippen molar-refractivity contribution in [1.82, 2.24) is 4.57 Å². The zero-order chi connectivity index (χ0) is 18.1. The predicted molar refractivity (Wildman–Crippen MR) is 109 cm³/mol. The number of hydrogen-bond donors (Lipinski definition) is 1. The Labute approximate surface area is 155 Å². The van der Waals surface area contributed by atoms with E-state index in [0.717, 1.165) is 35.2 Å². The van der Waals surface area contributed by atoms with Gasteiger partial charge in [0.1, 0.15) is 0 Å². The Morgan fingerprint density at radius 3 is 2.69 bits per heavy atom. The molecular formula is C23H28N2O. The Hall–Kier alpha value is -2.29. The lowest BCUT2D eigenvalue weighted by molar-refractivity contribution is 0.100. The lowest BCUT2D eigenvalue weighted by Gasteiger charge is -2.14. The average molecular weight is 348 g/mol. The molecule has 2 aromatic carbocycles. The molecule has 136 valence electrons. The summed E-state index contributed by atoms with van der Waals surface area (Å²) in [5.74, 6) is 0.399. The zero-order valence-electron chi connectivity index (χ0n) is 15.6. The molecule has 1 saturated carbocycles. The maximum atomic E-state index is 12.0. The van der Waals surface area contributed by atoms with E-state index in [4.69, 9.17) is 5.73 Å². The van der Waals surface area contributed by atoms with Crippen LogP contribution < -0.4 is 5.73 Å². The van der Waals surface area contributed by atoms with Gasteiger partial charge in [0, 0.05) is 33.9 Å². The first-order valence-electron chi connectivity index (χ1n) is 10.0. The number of amides is 1. The first kappa shape index (κ1) is 17.1.